The van der Waals surface area contributed by atoms with Gasteiger partial charge in [0.2, 0.25) is 0 Å². The van der Waals surface area contributed by atoms with E-state index in [0.29, 0.717) is 13.2 Å². The molecule has 0 saturated carbocycles. The van der Waals surface area contributed by atoms with Crippen molar-refractivity contribution >= 4 is 11.7 Å². The van der Waals surface area contributed by atoms with Crippen LogP contribution in [-0.4, -0.2) is 19.1 Å². The molecule has 0 saturated heterocycles. The Kier molecular flexibility index (Phi) is 6.72. The zero-order chi connectivity index (χ0) is 14.1. The molecule has 0 aliphatic heterocycles. The average molecular weight is 261 g/mol. The lowest BCUT2D eigenvalue weighted by Gasteiger charge is -2.14. The highest BCUT2D eigenvalue weighted by Gasteiger charge is 2.04. The van der Waals surface area contributed by atoms with Crippen LogP contribution >= 0.6 is 0 Å². The molecule has 0 amide bonds. The summed E-state index contributed by atoms with van der Waals surface area (Å²) in [5, 5.41) is 3.39. The molecule has 1 aromatic carbocycles. The second-order valence-corrected chi connectivity index (χ2v) is 4.19. The molecule has 0 bridgehead atoms. The van der Waals surface area contributed by atoms with Gasteiger partial charge in [-0.1, -0.05) is 38.1 Å². The van der Waals surface area contributed by atoms with E-state index in [2.05, 4.69) is 37.4 Å². The third kappa shape index (κ3) is 4.78. The van der Waals surface area contributed by atoms with Crippen molar-refractivity contribution in [3.8, 4) is 0 Å². The number of para-hydroxylation sites is 1. The Labute approximate surface area is 115 Å². The van der Waals surface area contributed by atoms with Crippen LogP contribution in [0.25, 0.3) is 0 Å². The van der Waals surface area contributed by atoms with Crippen molar-refractivity contribution < 1.29 is 9.53 Å². The zero-order valence-electron chi connectivity index (χ0n) is 12.0. The Bertz CT molecular complexity index is 416. The number of hydrogen-bond donors (Lipinski definition) is 1. The third-order valence-electron chi connectivity index (χ3n) is 2.94. The third-order valence-corrected chi connectivity index (χ3v) is 2.94. The Balaban J connectivity index is 2.64. The van der Waals surface area contributed by atoms with Crippen molar-refractivity contribution in [3.05, 3.63) is 41.5 Å². The first-order chi connectivity index (χ1) is 9.22. The van der Waals surface area contributed by atoms with E-state index >= 15 is 0 Å². The maximum absolute atomic E-state index is 11.2. The average Bonchev–Trinajstić information content (AvgIpc) is 2.43. The van der Waals surface area contributed by atoms with Crippen molar-refractivity contribution in [2.45, 2.75) is 33.6 Å². The number of carbonyl (C=O) groups is 1. The van der Waals surface area contributed by atoms with Crippen molar-refractivity contribution in [3.63, 3.8) is 0 Å². The van der Waals surface area contributed by atoms with E-state index in [1.54, 1.807) is 13.0 Å². The summed E-state index contributed by atoms with van der Waals surface area (Å²) in [6.07, 6.45) is 5.26. The van der Waals surface area contributed by atoms with Gasteiger partial charge in [0.25, 0.3) is 0 Å². The van der Waals surface area contributed by atoms with Gasteiger partial charge in [0.1, 0.15) is 0 Å². The molecule has 3 heteroatoms. The van der Waals surface area contributed by atoms with Gasteiger partial charge in [-0.2, -0.15) is 0 Å². The molecule has 0 aromatic heterocycles. The molecule has 3 nitrogen and oxygen atoms in total. The lowest BCUT2D eigenvalue weighted by atomic mass is 10.0. The van der Waals surface area contributed by atoms with Gasteiger partial charge in [0, 0.05) is 18.3 Å². The van der Waals surface area contributed by atoms with Gasteiger partial charge in [-0.3, -0.25) is 0 Å². The number of rotatable bonds is 7. The summed E-state index contributed by atoms with van der Waals surface area (Å²) < 4.78 is 4.83. The Morgan fingerprint density at radius 2 is 1.84 bits per heavy atom. The molecule has 0 aliphatic carbocycles. The molecule has 0 atom stereocenters. The molecule has 0 fully saturated rings. The molecular weight excluding hydrogens is 238 g/mol. The van der Waals surface area contributed by atoms with Gasteiger partial charge >= 0.3 is 5.97 Å². The maximum Gasteiger partial charge on any atom is 0.330 e. The quantitative estimate of drug-likeness (QED) is 0.604. The van der Waals surface area contributed by atoms with E-state index < -0.39 is 0 Å². The van der Waals surface area contributed by atoms with Crippen LogP contribution in [0.2, 0.25) is 0 Å². The maximum atomic E-state index is 11.2. The molecule has 0 radical (unpaired) electrons. The van der Waals surface area contributed by atoms with E-state index in [1.807, 2.05) is 0 Å². The molecule has 1 rings (SSSR count). The first kappa shape index (κ1) is 15.3. The molecule has 19 heavy (non-hydrogen) atoms. The monoisotopic (exact) mass is 261 g/mol. The minimum Gasteiger partial charge on any atom is -0.463 e. The molecule has 0 aliphatic rings. The number of hydrogen-bond acceptors (Lipinski definition) is 3. The van der Waals surface area contributed by atoms with Gasteiger partial charge in [0.05, 0.1) is 6.61 Å². The molecule has 0 unspecified atom stereocenters. The van der Waals surface area contributed by atoms with Gasteiger partial charge in [0.15, 0.2) is 0 Å². The van der Waals surface area contributed by atoms with E-state index in [-0.39, 0.29) is 5.97 Å². The highest BCUT2D eigenvalue weighted by Crippen LogP contribution is 2.22. The first-order valence-electron chi connectivity index (χ1n) is 6.90. The van der Waals surface area contributed by atoms with E-state index in [9.17, 15) is 4.79 Å². The van der Waals surface area contributed by atoms with Crippen LogP contribution in [0.5, 0.6) is 0 Å². The van der Waals surface area contributed by atoms with Gasteiger partial charge in [-0.05, 0) is 30.9 Å². The SMILES string of the molecule is CCOC(=O)/C=C/CNc1c(CC)cccc1CC. The largest absolute Gasteiger partial charge is 0.463 e. The standard InChI is InChI=1S/C16H23NO2/c1-4-13-9-7-10-14(5-2)16(13)17-12-8-11-15(18)19-6-3/h7-11,17H,4-6,12H2,1-3H3/b11-8+. The first-order valence-corrected chi connectivity index (χ1v) is 6.90. The van der Waals surface area contributed by atoms with Gasteiger partial charge in [-0.25, -0.2) is 4.79 Å². The Morgan fingerprint density at radius 3 is 2.37 bits per heavy atom. The van der Waals surface area contributed by atoms with Crippen LogP contribution in [0.1, 0.15) is 31.9 Å². The molecular formula is C16H23NO2. The van der Waals surface area contributed by atoms with Crippen molar-refractivity contribution in [1.82, 2.24) is 0 Å². The molecule has 0 heterocycles. The summed E-state index contributed by atoms with van der Waals surface area (Å²) in [5.74, 6) is -0.288. The van der Waals surface area contributed by atoms with Crippen LogP contribution in [-0.2, 0) is 22.4 Å². The van der Waals surface area contributed by atoms with Crippen LogP contribution in [0.15, 0.2) is 30.4 Å². The van der Waals surface area contributed by atoms with Gasteiger partial charge in [-0.15, -0.1) is 0 Å². The molecule has 0 spiro atoms. The number of nitrogens with one attached hydrogen (secondary N) is 1. The highest BCUT2D eigenvalue weighted by atomic mass is 16.5. The second-order valence-electron chi connectivity index (χ2n) is 4.19. The van der Waals surface area contributed by atoms with E-state index in [4.69, 9.17) is 4.74 Å². The predicted octanol–water partition coefficient (Wildman–Crippen LogP) is 3.34. The number of ether oxygens (including phenoxy) is 1. The van der Waals surface area contributed by atoms with Crippen LogP contribution in [0.3, 0.4) is 0 Å². The Hall–Kier alpha value is -1.77. The molecule has 1 aromatic rings. The lowest BCUT2D eigenvalue weighted by Crippen LogP contribution is -2.06. The van der Waals surface area contributed by atoms with E-state index in [0.717, 1.165) is 12.8 Å². The summed E-state index contributed by atoms with van der Waals surface area (Å²) in [5.41, 5.74) is 3.81. The summed E-state index contributed by atoms with van der Waals surface area (Å²) >= 11 is 0. The molecule has 104 valence electrons. The zero-order valence-corrected chi connectivity index (χ0v) is 12.0. The van der Waals surface area contributed by atoms with Crippen molar-refractivity contribution in [2.24, 2.45) is 0 Å². The van der Waals surface area contributed by atoms with Crippen molar-refractivity contribution in [2.75, 3.05) is 18.5 Å². The van der Waals surface area contributed by atoms with Crippen LogP contribution < -0.4 is 5.32 Å². The topological polar surface area (TPSA) is 38.3 Å². The predicted molar refractivity (Wildman–Crippen MR) is 79.5 cm³/mol. The second kappa shape index (κ2) is 8.35. The van der Waals surface area contributed by atoms with Gasteiger partial charge < -0.3 is 10.1 Å². The lowest BCUT2D eigenvalue weighted by molar-refractivity contribution is -0.137. The van der Waals surface area contributed by atoms with E-state index in [1.165, 1.54) is 22.9 Å². The fourth-order valence-corrected chi connectivity index (χ4v) is 1.98. The van der Waals surface area contributed by atoms with Crippen molar-refractivity contribution in [1.29, 1.82) is 0 Å². The number of esters is 1. The minimum absolute atomic E-state index is 0.288. The fraction of sp³-hybridized carbons (Fsp3) is 0.438. The summed E-state index contributed by atoms with van der Waals surface area (Å²) in [4.78, 5) is 11.2. The number of benzene rings is 1. The summed E-state index contributed by atoms with van der Waals surface area (Å²) in [7, 11) is 0. The minimum atomic E-state index is -0.288. The Morgan fingerprint density at radius 1 is 1.21 bits per heavy atom. The van der Waals surface area contributed by atoms with Crippen LogP contribution in [0, 0.1) is 0 Å². The summed E-state index contributed by atoms with van der Waals surface area (Å²) in [6, 6.07) is 6.37. The number of carbonyl (C=O) groups excluding carboxylic acids is 1. The molecule has 1 N–H and O–H groups in total. The normalized spacial score (nSPS) is 10.7. The smallest absolute Gasteiger partial charge is 0.330 e. The van der Waals surface area contributed by atoms with Crippen LogP contribution in [0.4, 0.5) is 5.69 Å². The number of aryl methyl sites for hydroxylation is 2. The highest BCUT2D eigenvalue weighted by molar-refractivity contribution is 5.81. The number of anilines is 1. The fourth-order valence-electron chi connectivity index (χ4n) is 1.98. The summed E-state index contributed by atoms with van der Waals surface area (Å²) in [6.45, 7) is 7.13.